The van der Waals surface area contributed by atoms with Crippen LogP contribution in [-0.4, -0.2) is 80.8 Å². The second-order valence-electron chi connectivity index (χ2n) is 8.23. The molecule has 1 aromatic heterocycles. The molecule has 2 N–H and O–H groups in total. The maximum Gasteiger partial charge on any atom is 0.191 e. The number of nitrogens with zero attached hydrogens (tertiary/aromatic N) is 3. The zero-order chi connectivity index (χ0) is 19.9. The van der Waals surface area contributed by atoms with E-state index in [1.807, 2.05) is 18.4 Å². The number of hydrogen-bond acceptors (Lipinski definition) is 5. The molecule has 0 amide bonds. The first kappa shape index (κ1) is 24.8. The molecule has 6 nitrogen and oxygen atoms in total. The largest absolute Gasteiger partial charge is 0.379 e. The van der Waals surface area contributed by atoms with Crippen LogP contribution in [-0.2, 0) is 17.7 Å². The van der Waals surface area contributed by atoms with Crippen molar-refractivity contribution in [2.45, 2.75) is 45.8 Å². The number of thiophene rings is 1. The number of aliphatic imine (C=N–C) groups is 1. The molecule has 3 rings (SSSR count). The zero-order valence-corrected chi connectivity index (χ0v) is 21.5. The van der Waals surface area contributed by atoms with Crippen LogP contribution in [0, 0.1) is 5.92 Å². The Labute approximate surface area is 197 Å². The molecular formula is C21H38IN5OS. The van der Waals surface area contributed by atoms with Gasteiger partial charge in [-0.1, -0.05) is 13.8 Å². The summed E-state index contributed by atoms with van der Waals surface area (Å²) in [6, 6.07) is 3.26. The fourth-order valence-electron chi connectivity index (χ4n) is 4.14. The lowest BCUT2D eigenvalue weighted by molar-refractivity contribution is 0.00751. The van der Waals surface area contributed by atoms with Crippen LogP contribution in [0.3, 0.4) is 0 Å². The van der Waals surface area contributed by atoms with Crippen molar-refractivity contribution in [3.63, 3.8) is 0 Å². The van der Waals surface area contributed by atoms with E-state index in [2.05, 4.69) is 57.6 Å². The average Bonchev–Trinajstić information content (AvgIpc) is 3.18. The molecule has 0 spiro atoms. The smallest absolute Gasteiger partial charge is 0.191 e. The SMILES string of the molecule is CN=C(NCC(C)N1CCc2sccc2C1)NCC(C(C)C)N1CCOCC1.I. The number of hydrogen-bond donors (Lipinski definition) is 2. The zero-order valence-electron chi connectivity index (χ0n) is 18.3. The van der Waals surface area contributed by atoms with Gasteiger partial charge >= 0.3 is 0 Å². The highest BCUT2D eigenvalue weighted by Crippen LogP contribution is 2.24. The van der Waals surface area contributed by atoms with E-state index >= 15 is 0 Å². The first-order valence-corrected chi connectivity index (χ1v) is 11.5. The van der Waals surface area contributed by atoms with Crippen LogP contribution in [0.2, 0.25) is 0 Å². The normalized spacial score (nSPS) is 20.7. The molecule has 29 heavy (non-hydrogen) atoms. The molecule has 8 heteroatoms. The van der Waals surface area contributed by atoms with E-state index in [1.54, 1.807) is 4.88 Å². The lowest BCUT2D eigenvalue weighted by Crippen LogP contribution is -2.53. The molecule has 166 valence electrons. The van der Waals surface area contributed by atoms with Crippen molar-refractivity contribution in [3.05, 3.63) is 21.9 Å². The Morgan fingerprint density at radius 1 is 1.14 bits per heavy atom. The van der Waals surface area contributed by atoms with Gasteiger partial charge in [-0.2, -0.15) is 0 Å². The third-order valence-electron chi connectivity index (χ3n) is 6.01. The van der Waals surface area contributed by atoms with Crippen LogP contribution in [0.1, 0.15) is 31.2 Å². The minimum Gasteiger partial charge on any atom is -0.379 e. The standard InChI is InChI=1S/C21H37N5OS.HI/c1-16(2)19(25-8-10-27-11-9-25)14-24-21(22-4)23-13-17(3)26-7-5-20-18(15-26)6-12-28-20;/h6,12,16-17,19H,5,7-11,13-15H2,1-4H3,(H2,22,23,24);1H. The molecule has 3 heterocycles. The van der Waals surface area contributed by atoms with Crippen LogP contribution in [0.5, 0.6) is 0 Å². The summed E-state index contributed by atoms with van der Waals surface area (Å²) in [5.74, 6) is 1.50. The first-order chi connectivity index (χ1) is 13.6. The summed E-state index contributed by atoms with van der Waals surface area (Å²) in [6.07, 6.45) is 1.18. The maximum absolute atomic E-state index is 5.51. The Balaban J connectivity index is 0.00000300. The molecule has 0 aromatic carbocycles. The summed E-state index contributed by atoms with van der Waals surface area (Å²) in [6.45, 7) is 14.7. The van der Waals surface area contributed by atoms with Gasteiger partial charge in [-0.25, -0.2) is 0 Å². The van der Waals surface area contributed by atoms with Crippen molar-refractivity contribution < 1.29 is 4.74 Å². The molecule has 1 saturated heterocycles. The minimum atomic E-state index is 0. The molecule has 2 unspecified atom stereocenters. The minimum absolute atomic E-state index is 0. The van der Waals surface area contributed by atoms with E-state index < -0.39 is 0 Å². The second-order valence-corrected chi connectivity index (χ2v) is 9.23. The van der Waals surface area contributed by atoms with Crippen LogP contribution < -0.4 is 10.6 Å². The molecule has 2 aliphatic rings. The highest BCUT2D eigenvalue weighted by Gasteiger charge is 2.24. The van der Waals surface area contributed by atoms with Gasteiger partial charge in [-0.05, 0) is 36.3 Å². The van der Waals surface area contributed by atoms with Crippen molar-refractivity contribution in [2.75, 3.05) is 53.0 Å². The third-order valence-corrected chi connectivity index (χ3v) is 7.03. The van der Waals surface area contributed by atoms with Crippen molar-refractivity contribution in [1.82, 2.24) is 20.4 Å². The Morgan fingerprint density at radius 3 is 2.55 bits per heavy atom. The van der Waals surface area contributed by atoms with Crippen molar-refractivity contribution in [1.29, 1.82) is 0 Å². The Morgan fingerprint density at radius 2 is 1.86 bits per heavy atom. The van der Waals surface area contributed by atoms with Crippen LogP contribution in [0.4, 0.5) is 0 Å². The Kier molecular flexibility index (Phi) is 10.7. The van der Waals surface area contributed by atoms with Gasteiger partial charge in [-0.15, -0.1) is 35.3 Å². The molecular weight excluding hydrogens is 497 g/mol. The van der Waals surface area contributed by atoms with Crippen molar-refractivity contribution in [2.24, 2.45) is 10.9 Å². The summed E-state index contributed by atoms with van der Waals surface area (Å²) in [5, 5.41) is 9.32. The second kappa shape index (κ2) is 12.4. The molecule has 2 aliphatic heterocycles. The van der Waals surface area contributed by atoms with Gasteiger partial charge in [-0.3, -0.25) is 14.8 Å². The van der Waals surface area contributed by atoms with Crippen LogP contribution in [0.25, 0.3) is 0 Å². The predicted molar refractivity (Wildman–Crippen MR) is 134 cm³/mol. The maximum atomic E-state index is 5.51. The van der Waals surface area contributed by atoms with E-state index in [0.29, 0.717) is 18.0 Å². The molecule has 0 radical (unpaired) electrons. The summed E-state index contributed by atoms with van der Waals surface area (Å²) in [5.41, 5.74) is 1.51. The topological polar surface area (TPSA) is 52.1 Å². The highest BCUT2D eigenvalue weighted by molar-refractivity contribution is 14.0. The van der Waals surface area contributed by atoms with Gasteiger partial charge in [0.2, 0.25) is 0 Å². The third kappa shape index (κ3) is 7.05. The number of halogens is 1. The summed E-state index contributed by atoms with van der Waals surface area (Å²) in [7, 11) is 1.86. The molecule has 0 bridgehead atoms. The van der Waals surface area contributed by atoms with Crippen molar-refractivity contribution in [3.8, 4) is 0 Å². The number of nitrogens with one attached hydrogen (secondary N) is 2. The van der Waals surface area contributed by atoms with E-state index in [4.69, 9.17) is 4.74 Å². The van der Waals surface area contributed by atoms with Crippen LogP contribution in [0.15, 0.2) is 16.4 Å². The van der Waals surface area contributed by atoms with Gasteiger partial charge < -0.3 is 15.4 Å². The molecule has 0 saturated carbocycles. The van der Waals surface area contributed by atoms with Gasteiger partial charge in [0, 0.05) is 63.3 Å². The van der Waals surface area contributed by atoms with Gasteiger partial charge in [0.15, 0.2) is 5.96 Å². The summed E-state index contributed by atoms with van der Waals surface area (Å²) >= 11 is 1.90. The summed E-state index contributed by atoms with van der Waals surface area (Å²) < 4.78 is 5.51. The van der Waals surface area contributed by atoms with Crippen molar-refractivity contribution >= 4 is 41.3 Å². The molecule has 1 aromatic rings. The fraction of sp³-hybridized carbons (Fsp3) is 0.762. The summed E-state index contributed by atoms with van der Waals surface area (Å²) in [4.78, 5) is 11.1. The van der Waals surface area contributed by atoms with Gasteiger partial charge in [0.1, 0.15) is 0 Å². The number of ether oxygens (including phenoxy) is 1. The number of guanidine groups is 1. The van der Waals surface area contributed by atoms with E-state index in [1.165, 1.54) is 12.0 Å². The number of rotatable bonds is 7. The lowest BCUT2D eigenvalue weighted by Gasteiger charge is -2.37. The van der Waals surface area contributed by atoms with E-state index in [0.717, 1.165) is 58.4 Å². The number of morpholine rings is 1. The first-order valence-electron chi connectivity index (χ1n) is 10.6. The molecule has 2 atom stereocenters. The number of fused-ring (bicyclic) bond motifs is 1. The quantitative estimate of drug-likeness (QED) is 0.320. The molecule has 0 aliphatic carbocycles. The monoisotopic (exact) mass is 535 g/mol. The molecule has 1 fully saturated rings. The lowest BCUT2D eigenvalue weighted by atomic mass is 10.0. The van der Waals surface area contributed by atoms with E-state index in [-0.39, 0.29) is 24.0 Å². The van der Waals surface area contributed by atoms with Crippen LogP contribution >= 0.6 is 35.3 Å². The van der Waals surface area contributed by atoms with E-state index in [9.17, 15) is 0 Å². The fourth-order valence-corrected chi connectivity index (χ4v) is 5.03. The van der Waals surface area contributed by atoms with Gasteiger partial charge in [0.25, 0.3) is 0 Å². The average molecular weight is 536 g/mol. The Bertz CT molecular complexity index is 632. The Hall–Kier alpha value is -0.420. The van der Waals surface area contributed by atoms with Gasteiger partial charge in [0.05, 0.1) is 13.2 Å². The highest BCUT2D eigenvalue weighted by atomic mass is 127. The predicted octanol–water partition coefficient (Wildman–Crippen LogP) is 2.63.